The summed E-state index contributed by atoms with van der Waals surface area (Å²) in [6, 6.07) is 0. The number of alkyl halides is 1. The van der Waals surface area contributed by atoms with E-state index < -0.39 is 11.8 Å². The Morgan fingerprint density at radius 1 is 1.13 bits per heavy atom. The summed E-state index contributed by atoms with van der Waals surface area (Å²) in [5.41, 5.74) is 0. The van der Waals surface area contributed by atoms with Gasteiger partial charge in [-0.25, -0.2) is 0 Å². The summed E-state index contributed by atoms with van der Waals surface area (Å²) in [5.74, 6) is -1.59. The fraction of sp³-hybridized carbons (Fsp3) is 0.700. The van der Waals surface area contributed by atoms with Crippen molar-refractivity contribution in [1.82, 2.24) is 0 Å². The zero-order valence-electron chi connectivity index (χ0n) is 8.75. The van der Waals surface area contributed by atoms with Gasteiger partial charge in [0.15, 0.2) is 11.6 Å². The van der Waals surface area contributed by atoms with Crippen LogP contribution < -0.4 is 0 Å². The Morgan fingerprint density at radius 2 is 1.80 bits per heavy atom. The maximum absolute atomic E-state index is 11.1. The van der Waals surface area contributed by atoms with Crippen LogP contribution in [0.4, 0.5) is 0 Å². The minimum absolute atomic E-state index is 0.198. The highest BCUT2D eigenvalue weighted by Crippen LogP contribution is 1.97. The van der Waals surface area contributed by atoms with E-state index in [1.165, 1.54) is 0 Å². The number of rotatable bonds is 8. The molecule has 15 heavy (non-hydrogen) atoms. The first-order valence-corrected chi connectivity index (χ1v) is 5.38. The van der Waals surface area contributed by atoms with Crippen LogP contribution in [0.25, 0.3) is 0 Å². The quantitative estimate of drug-likeness (QED) is 0.276. The molecule has 0 saturated heterocycles. The Balaban J connectivity index is 3.67. The van der Waals surface area contributed by atoms with Crippen molar-refractivity contribution in [2.45, 2.75) is 32.6 Å². The van der Waals surface area contributed by atoms with Crippen molar-refractivity contribution in [2.24, 2.45) is 0 Å². The third kappa shape index (κ3) is 8.12. The van der Waals surface area contributed by atoms with E-state index >= 15 is 0 Å². The molecule has 0 amide bonds. The number of Topliss-reactive ketones (excluding diaryl/α,β-unsaturated/α-hetero) is 2. The summed E-state index contributed by atoms with van der Waals surface area (Å²) >= 11 is 5.22. The van der Waals surface area contributed by atoms with Crippen molar-refractivity contribution in [3.05, 3.63) is 0 Å². The molecule has 0 saturated carbocycles. The van der Waals surface area contributed by atoms with Crippen LogP contribution in [0.2, 0.25) is 0 Å². The van der Waals surface area contributed by atoms with Crippen LogP contribution in [0.3, 0.4) is 0 Å². The zero-order chi connectivity index (χ0) is 11.7. The van der Waals surface area contributed by atoms with Gasteiger partial charge in [0.2, 0.25) is 0 Å². The van der Waals surface area contributed by atoms with E-state index in [1.54, 1.807) is 0 Å². The van der Waals surface area contributed by atoms with Crippen molar-refractivity contribution >= 4 is 29.1 Å². The van der Waals surface area contributed by atoms with Gasteiger partial charge in [-0.05, 0) is 6.42 Å². The fourth-order valence-corrected chi connectivity index (χ4v) is 0.967. The molecule has 0 spiro atoms. The van der Waals surface area contributed by atoms with Gasteiger partial charge in [0.05, 0.1) is 18.9 Å². The molecule has 0 aromatic rings. The summed E-state index contributed by atoms with van der Waals surface area (Å²) in [6.45, 7) is 2.30. The Morgan fingerprint density at radius 3 is 2.33 bits per heavy atom. The van der Waals surface area contributed by atoms with Crippen LogP contribution >= 0.6 is 11.6 Å². The maximum atomic E-state index is 11.1. The Kier molecular flexibility index (Phi) is 7.91. The van der Waals surface area contributed by atoms with Crippen LogP contribution in [0.1, 0.15) is 32.6 Å². The van der Waals surface area contributed by atoms with Crippen LogP contribution in [0.5, 0.6) is 0 Å². The number of unbranched alkanes of at least 4 members (excludes halogenated alkanes) is 1. The lowest BCUT2D eigenvalue weighted by atomic mass is 10.2. The van der Waals surface area contributed by atoms with Crippen LogP contribution in [-0.2, 0) is 19.1 Å². The van der Waals surface area contributed by atoms with Gasteiger partial charge in [0, 0.05) is 0 Å². The standard InChI is InChI=1S/C10H15ClO4/c1-2-3-4-15-10(14)6-8(12)5-9(13)7-11/h2-7H2,1H3. The normalized spacial score (nSPS) is 9.73. The van der Waals surface area contributed by atoms with Gasteiger partial charge in [0.1, 0.15) is 6.42 Å². The SMILES string of the molecule is CCCCOC(=O)CC(=O)CC(=O)CCl. The Hall–Kier alpha value is -0.900. The number of halogens is 1. The monoisotopic (exact) mass is 234 g/mol. The molecule has 0 aliphatic rings. The first kappa shape index (κ1) is 14.1. The van der Waals surface area contributed by atoms with E-state index in [0.717, 1.165) is 12.8 Å². The third-order valence-corrected chi connectivity index (χ3v) is 1.94. The van der Waals surface area contributed by atoms with Gasteiger partial charge in [-0.1, -0.05) is 13.3 Å². The second-order valence-electron chi connectivity index (χ2n) is 3.14. The smallest absolute Gasteiger partial charge is 0.313 e. The number of ether oxygens (including phenoxy) is 1. The zero-order valence-corrected chi connectivity index (χ0v) is 9.51. The molecule has 86 valence electrons. The lowest BCUT2D eigenvalue weighted by Gasteiger charge is -2.02. The predicted molar refractivity (Wildman–Crippen MR) is 55.8 cm³/mol. The number of ketones is 2. The summed E-state index contributed by atoms with van der Waals surface area (Å²) in [5, 5.41) is 0. The second-order valence-corrected chi connectivity index (χ2v) is 3.41. The van der Waals surface area contributed by atoms with E-state index in [0.29, 0.717) is 6.61 Å². The average molecular weight is 235 g/mol. The molecule has 0 unspecified atom stereocenters. The van der Waals surface area contributed by atoms with E-state index in [4.69, 9.17) is 16.3 Å². The summed E-state index contributed by atoms with van der Waals surface area (Å²) in [6.07, 6.45) is 1.07. The molecule has 0 atom stereocenters. The molecule has 0 fully saturated rings. The summed E-state index contributed by atoms with van der Waals surface area (Å²) in [7, 11) is 0. The highest BCUT2D eigenvalue weighted by atomic mass is 35.5. The van der Waals surface area contributed by atoms with E-state index in [1.807, 2.05) is 6.92 Å². The first-order valence-electron chi connectivity index (χ1n) is 4.85. The molecular formula is C10H15ClO4. The summed E-state index contributed by atoms with van der Waals surface area (Å²) < 4.78 is 4.76. The van der Waals surface area contributed by atoms with Crippen molar-refractivity contribution in [2.75, 3.05) is 12.5 Å². The molecule has 0 aliphatic carbocycles. The van der Waals surface area contributed by atoms with Crippen molar-refractivity contribution < 1.29 is 19.1 Å². The molecule has 5 heteroatoms. The molecule has 4 nitrogen and oxygen atoms in total. The highest BCUT2D eigenvalue weighted by molar-refractivity contribution is 6.29. The first-order chi connectivity index (χ1) is 7.10. The lowest BCUT2D eigenvalue weighted by Crippen LogP contribution is -2.15. The topological polar surface area (TPSA) is 60.4 Å². The van der Waals surface area contributed by atoms with E-state index in [-0.39, 0.29) is 24.5 Å². The van der Waals surface area contributed by atoms with Crippen molar-refractivity contribution in [3.8, 4) is 0 Å². The number of hydrogen-bond donors (Lipinski definition) is 0. The number of hydrogen-bond acceptors (Lipinski definition) is 4. The molecule has 0 aliphatic heterocycles. The van der Waals surface area contributed by atoms with E-state index in [2.05, 4.69) is 0 Å². The van der Waals surface area contributed by atoms with Crippen LogP contribution in [0.15, 0.2) is 0 Å². The van der Waals surface area contributed by atoms with Gasteiger partial charge in [0.25, 0.3) is 0 Å². The number of esters is 1. The molecule has 0 bridgehead atoms. The van der Waals surface area contributed by atoms with Gasteiger partial charge in [-0.3, -0.25) is 14.4 Å². The Labute approximate surface area is 93.9 Å². The van der Waals surface area contributed by atoms with Gasteiger partial charge in [-0.15, -0.1) is 11.6 Å². The molecule has 0 heterocycles. The summed E-state index contributed by atoms with van der Waals surface area (Å²) in [4.78, 5) is 32.8. The minimum atomic E-state index is -0.573. The number of carbonyl (C=O) groups excluding carboxylic acids is 3. The predicted octanol–water partition coefficient (Wildman–Crippen LogP) is 1.49. The molecule has 0 aromatic heterocycles. The average Bonchev–Trinajstić information content (AvgIpc) is 2.17. The Bertz CT molecular complexity index is 238. The molecular weight excluding hydrogens is 220 g/mol. The molecule has 0 radical (unpaired) electrons. The van der Waals surface area contributed by atoms with Gasteiger partial charge < -0.3 is 4.74 Å². The fourth-order valence-electron chi connectivity index (χ4n) is 0.872. The highest BCUT2D eigenvalue weighted by Gasteiger charge is 2.13. The number of carbonyl (C=O) groups is 3. The van der Waals surface area contributed by atoms with Crippen molar-refractivity contribution in [1.29, 1.82) is 0 Å². The minimum Gasteiger partial charge on any atom is -0.465 e. The largest absolute Gasteiger partial charge is 0.465 e. The van der Waals surface area contributed by atoms with E-state index in [9.17, 15) is 14.4 Å². The van der Waals surface area contributed by atoms with Crippen LogP contribution in [-0.4, -0.2) is 30.0 Å². The molecule has 0 N–H and O–H groups in total. The maximum Gasteiger partial charge on any atom is 0.313 e. The molecule has 0 aromatic carbocycles. The van der Waals surface area contributed by atoms with Gasteiger partial charge in [-0.2, -0.15) is 0 Å². The molecule has 0 rings (SSSR count). The van der Waals surface area contributed by atoms with Crippen molar-refractivity contribution in [3.63, 3.8) is 0 Å². The van der Waals surface area contributed by atoms with Gasteiger partial charge >= 0.3 is 5.97 Å². The lowest BCUT2D eigenvalue weighted by molar-refractivity contribution is -0.146. The van der Waals surface area contributed by atoms with Crippen LogP contribution in [0, 0.1) is 0 Å². The second kappa shape index (κ2) is 8.41. The third-order valence-electron chi connectivity index (χ3n) is 1.65.